The van der Waals surface area contributed by atoms with Crippen LogP contribution in [0.4, 0.5) is 0 Å². The first-order chi connectivity index (χ1) is 5.24. The van der Waals surface area contributed by atoms with Crippen molar-refractivity contribution in [2.75, 3.05) is 6.54 Å². The van der Waals surface area contributed by atoms with E-state index in [1.807, 2.05) is 0 Å². The molecule has 0 aliphatic carbocycles. The summed E-state index contributed by atoms with van der Waals surface area (Å²) >= 11 is 0. The van der Waals surface area contributed by atoms with Crippen LogP contribution in [0.15, 0.2) is 6.20 Å². The second-order valence-electron chi connectivity index (χ2n) is 2.28. The first kappa shape index (κ1) is 7.87. The Bertz CT molecular complexity index is 251. The van der Waals surface area contributed by atoms with Crippen LogP contribution in [0.3, 0.4) is 0 Å². The van der Waals surface area contributed by atoms with Crippen molar-refractivity contribution in [3.8, 4) is 0 Å². The molecule has 0 fully saturated rings. The number of nitrogens with one attached hydrogen (secondary N) is 1. The molecule has 0 radical (unpaired) electrons. The van der Waals surface area contributed by atoms with Gasteiger partial charge in [0.25, 0.3) is 0 Å². The summed E-state index contributed by atoms with van der Waals surface area (Å²) in [7, 11) is 0. The van der Waals surface area contributed by atoms with Crippen molar-refractivity contribution in [3.05, 3.63) is 11.9 Å². The molecule has 60 valence electrons. The maximum Gasteiger partial charge on any atom is 0.126 e. The maximum atomic E-state index is 7.23. The standard InChI is InChI=1S/C6H11N5/c1-5(8)6-4-11(3-2-7)10-9-6/h4,8H,2-3,7H2,1H3. The van der Waals surface area contributed by atoms with Crippen LogP contribution in [0.1, 0.15) is 12.6 Å². The molecule has 0 spiro atoms. The predicted octanol–water partition coefficient (Wildman–Crippen LogP) is -0.375. The maximum absolute atomic E-state index is 7.23. The zero-order valence-corrected chi connectivity index (χ0v) is 6.41. The number of hydrogen-bond acceptors (Lipinski definition) is 4. The highest BCUT2D eigenvalue weighted by molar-refractivity contribution is 5.93. The third-order valence-corrected chi connectivity index (χ3v) is 1.28. The van der Waals surface area contributed by atoms with Crippen molar-refractivity contribution in [3.63, 3.8) is 0 Å². The minimum atomic E-state index is 0.424. The molecule has 3 N–H and O–H groups in total. The van der Waals surface area contributed by atoms with Crippen molar-refractivity contribution in [2.45, 2.75) is 13.5 Å². The fourth-order valence-corrected chi connectivity index (χ4v) is 0.712. The molecule has 5 nitrogen and oxygen atoms in total. The molecule has 0 unspecified atom stereocenters. The third-order valence-electron chi connectivity index (χ3n) is 1.28. The van der Waals surface area contributed by atoms with Gasteiger partial charge >= 0.3 is 0 Å². The summed E-state index contributed by atoms with van der Waals surface area (Å²) < 4.78 is 1.63. The lowest BCUT2D eigenvalue weighted by Crippen LogP contribution is -2.10. The number of hydrogen-bond donors (Lipinski definition) is 2. The summed E-state index contributed by atoms with van der Waals surface area (Å²) in [5, 5.41) is 14.8. The van der Waals surface area contributed by atoms with Crippen molar-refractivity contribution in [1.29, 1.82) is 5.41 Å². The Hall–Kier alpha value is -1.23. The highest BCUT2D eigenvalue weighted by Gasteiger charge is 2.00. The lowest BCUT2D eigenvalue weighted by atomic mass is 10.3. The molecule has 0 saturated heterocycles. The fraction of sp³-hybridized carbons (Fsp3) is 0.500. The monoisotopic (exact) mass is 153 g/mol. The molecule has 5 heteroatoms. The van der Waals surface area contributed by atoms with E-state index in [1.165, 1.54) is 0 Å². The summed E-state index contributed by atoms with van der Waals surface area (Å²) in [6, 6.07) is 0. The summed E-state index contributed by atoms with van der Waals surface area (Å²) in [5.74, 6) is 0. The van der Waals surface area contributed by atoms with Crippen LogP contribution in [0.2, 0.25) is 0 Å². The molecule has 1 heterocycles. The van der Waals surface area contributed by atoms with Crippen molar-refractivity contribution >= 4 is 5.71 Å². The molecule has 11 heavy (non-hydrogen) atoms. The highest BCUT2D eigenvalue weighted by Crippen LogP contribution is 1.92. The summed E-state index contributed by atoms with van der Waals surface area (Å²) in [6.07, 6.45) is 1.72. The number of nitrogens with zero attached hydrogens (tertiary/aromatic N) is 3. The Kier molecular flexibility index (Phi) is 2.32. The largest absolute Gasteiger partial charge is 0.329 e. The van der Waals surface area contributed by atoms with Gasteiger partial charge in [-0.15, -0.1) is 5.10 Å². The second kappa shape index (κ2) is 3.25. The Morgan fingerprint density at radius 1 is 1.82 bits per heavy atom. The number of aromatic nitrogens is 3. The molecular weight excluding hydrogens is 142 g/mol. The molecular formula is C6H11N5. The van der Waals surface area contributed by atoms with E-state index >= 15 is 0 Å². The van der Waals surface area contributed by atoms with Crippen molar-refractivity contribution in [1.82, 2.24) is 15.0 Å². The van der Waals surface area contributed by atoms with Crippen LogP contribution in [-0.2, 0) is 6.54 Å². The van der Waals surface area contributed by atoms with Crippen LogP contribution in [0.5, 0.6) is 0 Å². The first-order valence-electron chi connectivity index (χ1n) is 3.39. The van der Waals surface area contributed by atoms with E-state index in [4.69, 9.17) is 11.1 Å². The predicted molar refractivity (Wildman–Crippen MR) is 41.6 cm³/mol. The van der Waals surface area contributed by atoms with E-state index in [9.17, 15) is 0 Å². The average Bonchev–Trinajstić information content (AvgIpc) is 2.37. The summed E-state index contributed by atoms with van der Waals surface area (Å²) in [4.78, 5) is 0. The summed E-state index contributed by atoms with van der Waals surface area (Å²) in [5.41, 5.74) is 6.34. The van der Waals surface area contributed by atoms with Gasteiger partial charge in [0.1, 0.15) is 5.69 Å². The van der Waals surface area contributed by atoms with Crippen molar-refractivity contribution in [2.24, 2.45) is 5.73 Å². The zero-order valence-electron chi connectivity index (χ0n) is 6.41. The van der Waals surface area contributed by atoms with Gasteiger partial charge in [-0.1, -0.05) is 5.21 Å². The zero-order chi connectivity index (χ0) is 8.27. The van der Waals surface area contributed by atoms with Gasteiger partial charge in [-0.05, 0) is 6.92 Å². The van der Waals surface area contributed by atoms with Crippen LogP contribution in [0, 0.1) is 5.41 Å². The molecule has 0 saturated carbocycles. The average molecular weight is 153 g/mol. The highest BCUT2D eigenvalue weighted by atomic mass is 15.4. The van der Waals surface area contributed by atoms with Gasteiger partial charge in [0.05, 0.1) is 18.5 Å². The Balaban J connectivity index is 2.73. The van der Waals surface area contributed by atoms with Crippen LogP contribution < -0.4 is 5.73 Å². The molecule has 1 aromatic rings. The van der Waals surface area contributed by atoms with E-state index < -0.39 is 0 Å². The second-order valence-corrected chi connectivity index (χ2v) is 2.28. The molecule has 0 aliphatic heterocycles. The number of rotatable bonds is 3. The molecule has 0 aromatic carbocycles. The molecule has 0 amide bonds. The minimum absolute atomic E-state index is 0.424. The van der Waals surface area contributed by atoms with Crippen molar-refractivity contribution < 1.29 is 0 Å². The van der Waals surface area contributed by atoms with E-state index in [1.54, 1.807) is 17.8 Å². The molecule has 1 aromatic heterocycles. The normalized spacial score (nSPS) is 10.0. The van der Waals surface area contributed by atoms with Crippen LogP contribution in [0.25, 0.3) is 0 Å². The SMILES string of the molecule is CC(=N)c1cn(CCN)nn1. The molecule has 0 atom stereocenters. The van der Waals surface area contributed by atoms with Crippen LogP contribution >= 0.6 is 0 Å². The smallest absolute Gasteiger partial charge is 0.126 e. The van der Waals surface area contributed by atoms with Gasteiger partial charge in [0, 0.05) is 6.54 Å². The first-order valence-corrected chi connectivity index (χ1v) is 3.39. The van der Waals surface area contributed by atoms with Gasteiger partial charge in [-0.25, -0.2) is 0 Å². The van der Waals surface area contributed by atoms with E-state index in [0.29, 0.717) is 24.5 Å². The van der Waals surface area contributed by atoms with Crippen LogP contribution in [-0.4, -0.2) is 27.3 Å². The Morgan fingerprint density at radius 2 is 2.55 bits per heavy atom. The topological polar surface area (TPSA) is 80.6 Å². The van der Waals surface area contributed by atoms with Gasteiger partial charge in [-0.2, -0.15) is 0 Å². The number of nitrogens with two attached hydrogens (primary N) is 1. The quantitative estimate of drug-likeness (QED) is 0.581. The van der Waals surface area contributed by atoms with E-state index in [2.05, 4.69) is 10.3 Å². The third kappa shape index (κ3) is 1.84. The van der Waals surface area contributed by atoms with Gasteiger partial charge in [0.15, 0.2) is 0 Å². The molecule has 0 aliphatic rings. The van der Waals surface area contributed by atoms with E-state index in [0.717, 1.165) is 0 Å². The Labute approximate surface area is 64.7 Å². The lowest BCUT2D eigenvalue weighted by Gasteiger charge is -1.92. The van der Waals surface area contributed by atoms with E-state index in [-0.39, 0.29) is 0 Å². The minimum Gasteiger partial charge on any atom is -0.329 e. The summed E-state index contributed by atoms with van der Waals surface area (Å²) in [6.45, 7) is 2.87. The Morgan fingerprint density at radius 3 is 3.00 bits per heavy atom. The fourth-order valence-electron chi connectivity index (χ4n) is 0.712. The van der Waals surface area contributed by atoms with Gasteiger partial charge in [-0.3, -0.25) is 4.68 Å². The molecule has 0 bridgehead atoms. The van der Waals surface area contributed by atoms with Gasteiger partial charge < -0.3 is 11.1 Å². The lowest BCUT2D eigenvalue weighted by molar-refractivity contribution is 0.598. The van der Waals surface area contributed by atoms with Gasteiger partial charge in [0.2, 0.25) is 0 Å². The molecule has 1 rings (SSSR count).